The highest BCUT2D eigenvalue weighted by Gasteiger charge is 2.74. The van der Waals surface area contributed by atoms with Crippen LogP contribution in [-0.2, 0) is 41.1 Å². The molecule has 1 saturated carbocycles. The number of hydrogen-bond acceptors (Lipinski definition) is 5. The van der Waals surface area contributed by atoms with Gasteiger partial charge < -0.3 is 15.3 Å². The van der Waals surface area contributed by atoms with E-state index in [2.05, 4.69) is 5.32 Å². The van der Waals surface area contributed by atoms with Gasteiger partial charge in [0, 0.05) is 37.0 Å². The van der Waals surface area contributed by atoms with Gasteiger partial charge in [0.15, 0.2) is 9.84 Å². The molecule has 1 heterocycles. The van der Waals surface area contributed by atoms with Crippen molar-refractivity contribution in [2.24, 2.45) is 11.8 Å². The lowest BCUT2D eigenvalue weighted by Gasteiger charge is -2.43. The number of fused-ring (bicyclic) bond motifs is 3. The summed E-state index contributed by atoms with van der Waals surface area (Å²) < 4.78 is 137. The number of alkyl halides is 7. The van der Waals surface area contributed by atoms with Gasteiger partial charge in [0.2, 0.25) is 11.8 Å². The van der Waals surface area contributed by atoms with Gasteiger partial charge >= 0.3 is 24.0 Å². The molecule has 2 aliphatic carbocycles. The molecule has 1 aliphatic heterocycles. The van der Waals surface area contributed by atoms with Gasteiger partial charge in [0.25, 0.3) is 0 Å². The lowest BCUT2D eigenvalue weighted by atomic mass is 9.74. The fourth-order valence-electron chi connectivity index (χ4n) is 7.25. The van der Waals surface area contributed by atoms with Gasteiger partial charge in [0.05, 0.1) is 17.2 Å². The summed E-state index contributed by atoms with van der Waals surface area (Å²) in [6.07, 6.45) is -14.0. The number of rotatable bonds is 8. The van der Waals surface area contributed by atoms with Crippen molar-refractivity contribution in [2.75, 3.05) is 13.1 Å². The van der Waals surface area contributed by atoms with Crippen LogP contribution < -0.4 is 5.32 Å². The minimum Gasteiger partial charge on any atom is -0.481 e. The van der Waals surface area contributed by atoms with Crippen molar-refractivity contribution < 1.29 is 63.0 Å². The minimum absolute atomic E-state index is 0.000428. The quantitative estimate of drug-likeness (QED) is 0.298. The highest BCUT2D eigenvalue weighted by Crippen LogP contribution is 2.59. The number of aryl methyl sites for hydroxylation is 1. The van der Waals surface area contributed by atoms with Gasteiger partial charge in [-0.15, -0.1) is 0 Å². The maximum absolute atomic E-state index is 15.0. The number of benzene rings is 2. The Labute approximate surface area is 263 Å². The summed E-state index contributed by atoms with van der Waals surface area (Å²) in [5.41, 5.74) is -7.90. The second-order valence-electron chi connectivity index (χ2n) is 12.1. The van der Waals surface area contributed by atoms with Crippen LogP contribution in [0.5, 0.6) is 0 Å². The van der Waals surface area contributed by atoms with Gasteiger partial charge in [-0.25, -0.2) is 17.2 Å². The third kappa shape index (κ3) is 5.63. The highest BCUT2D eigenvalue weighted by atomic mass is 32.2. The molecule has 0 bridgehead atoms. The Kier molecular flexibility index (Phi) is 8.63. The van der Waals surface area contributed by atoms with Crippen LogP contribution in [0.15, 0.2) is 47.4 Å². The fourth-order valence-corrected chi connectivity index (χ4v) is 9.72. The first kappa shape index (κ1) is 34.6. The molecule has 2 fully saturated rings. The molecule has 2 aromatic rings. The van der Waals surface area contributed by atoms with Gasteiger partial charge in [-0.1, -0.05) is 18.2 Å². The Morgan fingerprint density at radius 1 is 0.979 bits per heavy atom. The van der Waals surface area contributed by atoms with E-state index in [4.69, 9.17) is 5.11 Å². The molecule has 8 nitrogen and oxygen atoms in total. The van der Waals surface area contributed by atoms with Crippen LogP contribution in [0.2, 0.25) is 0 Å². The van der Waals surface area contributed by atoms with Gasteiger partial charge in [-0.05, 0) is 61.1 Å². The van der Waals surface area contributed by atoms with E-state index in [9.17, 15) is 57.9 Å². The Bertz CT molecular complexity index is 1680. The second-order valence-corrected chi connectivity index (χ2v) is 14.3. The van der Waals surface area contributed by atoms with Gasteiger partial charge in [0.1, 0.15) is 10.6 Å². The topological polar surface area (TPSA) is 121 Å². The van der Waals surface area contributed by atoms with Crippen LogP contribution in [0, 0.1) is 17.7 Å². The van der Waals surface area contributed by atoms with Crippen LogP contribution in [0.3, 0.4) is 0 Å². The molecule has 17 heteroatoms. The molecule has 256 valence electrons. The summed E-state index contributed by atoms with van der Waals surface area (Å²) in [6, 6.07) is 4.22. The van der Waals surface area contributed by atoms with Crippen LogP contribution >= 0.6 is 0 Å². The second kappa shape index (κ2) is 11.7. The molecule has 2 amide bonds. The minimum atomic E-state index is -6.39. The highest BCUT2D eigenvalue weighted by molar-refractivity contribution is 7.92. The first-order valence-electron chi connectivity index (χ1n) is 14.5. The van der Waals surface area contributed by atoms with E-state index in [-0.39, 0.29) is 73.7 Å². The molecule has 0 unspecified atom stereocenters. The number of carboxylic acid groups (broad SMARTS) is 1. The van der Waals surface area contributed by atoms with Crippen molar-refractivity contribution in [1.82, 2.24) is 10.2 Å². The number of carboxylic acids is 1. The SMILES string of the molecule is O=C(O)CCN1C[C@@H](C(=O)N[C@@H]2CC[C@@]3(S(=O)(=O)c4ccc(F)cc4)c4ccc(C(F)(C(F)(F)F)C(F)(F)F)cc4CC[C@@H]23)CC1=O. The molecule has 4 atom stereocenters. The molecule has 5 rings (SSSR count). The number of nitrogens with zero attached hydrogens (tertiary/aromatic N) is 1. The van der Waals surface area contributed by atoms with E-state index in [1.54, 1.807) is 0 Å². The summed E-state index contributed by atoms with van der Waals surface area (Å²) in [5.74, 6) is -4.84. The average molecular weight is 697 g/mol. The van der Waals surface area contributed by atoms with E-state index >= 15 is 0 Å². The maximum atomic E-state index is 15.0. The van der Waals surface area contributed by atoms with Crippen molar-refractivity contribution in [3.63, 3.8) is 0 Å². The number of aliphatic carboxylic acids is 1. The van der Waals surface area contributed by atoms with Crippen molar-refractivity contribution in [3.8, 4) is 0 Å². The fraction of sp³-hybridized carbons (Fsp3) is 0.500. The van der Waals surface area contributed by atoms with Crippen LogP contribution in [-0.4, -0.2) is 67.7 Å². The number of hydrogen-bond donors (Lipinski definition) is 2. The Balaban J connectivity index is 1.54. The molecule has 47 heavy (non-hydrogen) atoms. The monoisotopic (exact) mass is 696 g/mol. The predicted molar refractivity (Wildman–Crippen MR) is 147 cm³/mol. The summed E-state index contributed by atoms with van der Waals surface area (Å²) in [7, 11) is -4.59. The third-order valence-electron chi connectivity index (χ3n) is 9.49. The first-order chi connectivity index (χ1) is 21.7. The lowest BCUT2D eigenvalue weighted by Crippen LogP contribution is -2.51. The normalized spacial score (nSPS) is 25.0. The summed E-state index contributed by atoms with van der Waals surface area (Å²) >= 11 is 0. The molecule has 0 spiro atoms. The van der Waals surface area contributed by atoms with Crippen molar-refractivity contribution in [2.45, 2.75) is 72.2 Å². The Morgan fingerprint density at radius 2 is 1.62 bits per heavy atom. The van der Waals surface area contributed by atoms with E-state index in [0.717, 1.165) is 30.3 Å². The van der Waals surface area contributed by atoms with E-state index < -0.39 is 79.6 Å². The molecule has 2 aromatic carbocycles. The molecule has 0 radical (unpaired) electrons. The first-order valence-corrected chi connectivity index (χ1v) is 16.0. The Morgan fingerprint density at radius 3 is 2.21 bits per heavy atom. The number of likely N-dealkylation sites (tertiary alicyclic amines) is 1. The van der Waals surface area contributed by atoms with Gasteiger partial charge in [-0.3, -0.25) is 14.4 Å². The molecule has 2 N–H and O–H groups in total. The van der Waals surface area contributed by atoms with Crippen LogP contribution in [0.25, 0.3) is 0 Å². The molecular weight excluding hydrogens is 668 g/mol. The van der Waals surface area contributed by atoms with E-state index in [1.165, 1.54) is 4.90 Å². The third-order valence-corrected chi connectivity index (χ3v) is 12.1. The summed E-state index contributed by atoms with van der Waals surface area (Å²) in [5, 5.41) is 11.7. The standard InChI is InChI=1S/C30H28F8N2O6S/c31-19-3-5-20(6-4-19)47(45,46)27-11-9-23(39-26(44)17-14-24(41)40(15-17)12-10-25(42)43)22(27)7-1-16-13-18(2-8-21(16)27)28(32,29(33,34)35)30(36,37)38/h2-6,8,13,17,22-23H,1,7,9-12,14-15H2,(H,39,44)(H,42,43)/t17-,22-,23+,27+/m0/s1. The zero-order valence-electron chi connectivity index (χ0n) is 24.3. The maximum Gasteiger partial charge on any atom is 0.435 e. The van der Waals surface area contributed by atoms with Crippen LogP contribution in [0.1, 0.15) is 48.8 Å². The summed E-state index contributed by atoms with van der Waals surface area (Å²) in [6.45, 7) is -0.200. The molecular formula is C30H28F8N2O6S. The van der Waals surface area contributed by atoms with E-state index in [1.807, 2.05) is 0 Å². The largest absolute Gasteiger partial charge is 0.481 e. The zero-order valence-corrected chi connectivity index (χ0v) is 25.1. The van der Waals surface area contributed by atoms with Gasteiger partial charge in [-0.2, -0.15) is 26.3 Å². The predicted octanol–water partition coefficient (Wildman–Crippen LogP) is 4.95. The smallest absolute Gasteiger partial charge is 0.435 e. The number of nitrogens with one attached hydrogen (secondary N) is 1. The number of carbonyl (C=O) groups excluding carboxylic acids is 2. The molecule has 3 aliphatic rings. The van der Waals surface area contributed by atoms with E-state index in [0.29, 0.717) is 6.07 Å². The molecule has 1 saturated heterocycles. The van der Waals surface area contributed by atoms with Crippen molar-refractivity contribution >= 4 is 27.6 Å². The van der Waals surface area contributed by atoms with Crippen molar-refractivity contribution in [3.05, 3.63) is 65.0 Å². The Hall–Kier alpha value is -3.76. The lowest BCUT2D eigenvalue weighted by molar-refractivity contribution is -0.348. The average Bonchev–Trinajstić information content (AvgIpc) is 3.55. The number of carbonyl (C=O) groups is 3. The zero-order chi connectivity index (χ0) is 34.7. The number of halogens is 8. The number of sulfone groups is 1. The molecule has 0 aromatic heterocycles. The van der Waals surface area contributed by atoms with Crippen LogP contribution in [0.4, 0.5) is 35.1 Å². The van der Waals surface area contributed by atoms with Crippen molar-refractivity contribution in [1.29, 1.82) is 0 Å². The number of amides is 2. The summed E-state index contributed by atoms with van der Waals surface area (Å²) in [4.78, 5) is 37.4.